The van der Waals surface area contributed by atoms with Crippen LogP contribution in [-0.4, -0.2) is 59.5 Å². The lowest BCUT2D eigenvalue weighted by atomic mass is 9.86. The van der Waals surface area contributed by atoms with E-state index in [1.54, 1.807) is 0 Å². The molecule has 0 amide bonds. The molecule has 0 aromatic carbocycles. The van der Waals surface area contributed by atoms with E-state index in [-0.39, 0.29) is 12.7 Å². The molecule has 2 fully saturated rings. The highest BCUT2D eigenvalue weighted by Gasteiger charge is 2.33. The molecular weight excluding hydrogens is 252 g/mol. The lowest BCUT2D eigenvalue weighted by Crippen LogP contribution is -2.54. The van der Waals surface area contributed by atoms with Gasteiger partial charge in [0.25, 0.3) is 0 Å². The first-order chi connectivity index (χ1) is 9.70. The zero-order valence-corrected chi connectivity index (χ0v) is 12.9. The van der Waals surface area contributed by atoms with Crippen molar-refractivity contribution in [2.45, 2.75) is 70.1 Å². The molecule has 1 aliphatic heterocycles. The molecule has 4 nitrogen and oxygen atoms in total. The van der Waals surface area contributed by atoms with Crippen molar-refractivity contribution >= 4 is 0 Å². The summed E-state index contributed by atoms with van der Waals surface area (Å²) in [4.78, 5) is 2.62. The zero-order valence-electron chi connectivity index (χ0n) is 12.9. The Morgan fingerprint density at radius 1 is 1.20 bits per heavy atom. The van der Waals surface area contributed by atoms with Gasteiger partial charge in [0.1, 0.15) is 0 Å². The van der Waals surface area contributed by atoms with Crippen molar-refractivity contribution in [1.82, 2.24) is 10.2 Å². The van der Waals surface area contributed by atoms with Gasteiger partial charge in [-0.05, 0) is 45.1 Å². The Balaban J connectivity index is 1.89. The van der Waals surface area contributed by atoms with Crippen LogP contribution in [0.25, 0.3) is 0 Å². The molecule has 2 aliphatic rings. The number of likely N-dealkylation sites (tertiary alicyclic amines) is 1. The monoisotopic (exact) mass is 284 g/mol. The second kappa shape index (κ2) is 8.32. The third kappa shape index (κ3) is 4.69. The fourth-order valence-corrected chi connectivity index (χ4v) is 3.80. The van der Waals surface area contributed by atoms with Crippen LogP contribution < -0.4 is 5.32 Å². The van der Waals surface area contributed by atoms with Gasteiger partial charge < -0.3 is 15.5 Å². The number of aliphatic hydroxyl groups excluding tert-OH is 2. The van der Waals surface area contributed by atoms with Crippen molar-refractivity contribution in [2.24, 2.45) is 5.92 Å². The van der Waals surface area contributed by atoms with E-state index < -0.39 is 0 Å². The quantitative estimate of drug-likeness (QED) is 0.645. The molecule has 118 valence electrons. The van der Waals surface area contributed by atoms with Gasteiger partial charge in [0.2, 0.25) is 0 Å². The van der Waals surface area contributed by atoms with Gasteiger partial charge in [-0.1, -0.05) is 19.3 Å². The summed E-state index contributed by atoms with van der Waals surface area (Å²) in [5.74, 6) is 0.386. The molecule has 20 heavy (non-hydrogen) atoms. The molecule has 1 saturated heterocycles. The normalized spacial score (nSPS) is 31.4. The van der Waals surface area contributed by atoms with Gasteiger partial charge >= 0.3 is 0 Å². The molecule has 0 aromatic heterocycles. The Morgan fingerprint density at radius 2 is 1.95 bits per heavy atom. The average molecular weight is 284 g/mol. The minimum atomic E-state index is -0.219. The van der Waals surface area contributed by atoms with Crippen molar-refractivity contribution in [3.63, 3.8) is 0 Å². The van der Waals surface area contributed by atoms with Crippen LogP contribution in [0.1, 0.15) is 51.9 Å². The number of aliphatic hydroxyl groups is 2. The molecule has 3 atom stereocenters. The highest BCUT2D eigenvalue weighted by Crippen LogP contribution is 2.28. The Hall–Kier alpha value is -0.160. The number of nitrogens with one attached hydrogen (secondary N) is 1. The van der Waals surface area contributed by atoms with Crippen LogP contribution in [0.4, 0.5) is 0 Å². The van der Waals surface area contributed by atoms with E-state index in [0.717, 1.165) is 38.5 Å². The highest BCUT2D eigenvalue weighted by molar-refractivity contribution is 4.89. The number of rotatable bonds is 6. The summed E-state index contributed by atoms with van der Waals surface area (Å²) in [6.45, 7) is 5.23. The fourth-order valence-electron chi connectivity index (χ4n) is 3.80. The molecular formula is C16H32N2O2. The summed E-state index contributed by atoms with van der Waals surface area (Å²) < 4.78 is 0. The van der Waals surface area contributed by atoms with Crippen molar-refractivity contribution in [3.05, 3.63) is 0 Å². The summed E-state index contributed by atoms with van der Waals surface area (Å²) in [6, 6.07) is 1.20. The predicted molar refractivity (Wildman–Crippen MR) is 81.7 cm³/mol. The van der Waals surface area contributed by atoms with Crippen molar-refractivity contribution in [1.29, 1.82) is 0 Å². The van der Waals surface area contributed by atoms with Crippen molar-refractivity contribution in [2.75, 3.05) is 26.2 Å². The number of piperidine rings is 1. The van der Waals surface area contributed by atoms with Crippen molar-refractivity contribution < 1.29 is 10.2 Å². The highest BCUT2D eigenvalue weighted by atomic mass is 16.3. The van der Waals surface area contributed by atoms with Crippen LogP contribution in [0.2, 0.25) is 0 Å². The molecule has 1 saturated carbocycles. The van der Waals surface area contributed by atoms with Crippen molar-refractivity contribution in [3.8, 4) is 0 Å². The lowest BCUT2D eigenvalue weighted by Gasteiger charge is -2.44. The Morgan fingerprint density at radius 3 is 2.60 bits per heavy atom. The summed E-state index contributed by atoms with van der Waals surface area (Å²) in [5.41, 5.74) is 0. The topological polar surface area (TPSA) is 55.7 Å². The van der Waals surface area contributed by atoms with Gasteiger partial charge in [0.15, 0.2) is 0 Å². The second-order valence-corrected chi connectivity index (χ2v) is 6.71. The largest absolute Gasteiger partial charge is 0.396 e. The Kier molecular flexibility index (Phi) is 6.75. The molecule has 0 spiro atoms. The lowest BCUT2D eigenvalue weighted by molar-refractivity contribution is 0.0206. The Labute approximate surface area is 123 Å². The maximum absolute atomic E-state index is 9.99. The first kappa shape index (κ1) is 16.2. The van der Waals surface area contributed by atoms with E-state index in [0.29, 0.717) is 12.0 Å². The molecule has 0 aromatic rings. The third-order valence-electron chi connectivity index (χ3n) is 5.05. The van der Waals surface area contributed by atoms with Crippen LogP contribution in [-0.2, 0) is 0 Å². The van der Waals surface area contributed by atoms with E-state index in [4.69, 9.17) is 5.11 Å². The van der Waals surface area contributed by atoms with E-state index in [2.05, 4.69) is 10.2 Å². The Bertz CT molecular complexity index is 267. The van der Waals surface area contributed by atoms with Gasteiger partial charge in [-0.15, -0.1) is 0 Å². The van der Waals surface area contributed by atoms with Gasteiger partial charge in [-0.25, -0.2) is 0 Å². The first-order valence-electron chi connectivity index (χ1n) is 8.47. The molecule has 1 heterocycles. The summed E-state index contributed by atoms with van der Waals surface area (Å²) in [6.07, 6.45) is 8.44. The van der Waals surface area contributed by atoms with Crippen LogP contribution in [0, 0.1) is 5.92 Å². The van der Waals surface area contributed by atoms with Crippen LogP contribution in [0.5, 0.6) is 0 Å². The molecule has 1 aliphatic carbocycles. The maximum atomic E-state index is 9.99. The van der Waals surface area contributed by atoms with Crippen LogP contribution >= 0.6 is 0 Å². The fraction of sp³-hybridized carbons (Fsp3) is 1.00. The van der Waals surface area contributed by atoms with Crippen LogP contribution in [0.3, 0.4) is 0 Å². The molecule has 3 unspecified atom stereocenters. The molecule has 0 bridgehead atoms. The maximum Gasteiger partial charge on any atom is 0.0553 e. The number of hydrogen-bond donors (Lipinski definition) is 3. The van der Waals surface area contributed by atoms with Gasteiger partial charge in [-0.3, -0.25) is 4.90 Å². The molecule has 0 radical (unpaired) electrons. The van der Waals surface area contributed by atoms with Gasteiger partial charge in [0.05, 0.1) is 6.10 Å². The number of nitrogens with zero attached hydrogens (tertiary/aromatic N) is 1. The van der Waals surface area contributed by atoms with E-state index >= 15 is 0 Å². The molecule has 2 rings (SSSR count). The minimum Gasteiger partial charge on any atom is -0.396 e. The van der Waals surface area contributed by atoms with E-state index in [9.17, 15) is 5.11 Å². The third-order valence-corrected chi connectivity index (χ3v) is 5.05. The second-order valence-electron chi connectivity index (χ2n) is 6.71. The zero-order chi connectivity index (χ0) is 14.4. The summed E-state index contributed by atoms with van der Waals surface area (Å²) >= 11 is 0. The standard InChI is InChI=1S/C16H32N2O2/c1-13(20)14-10-15(17-8-5-9-19)12-18(11-14)16-6-3-2-4-7-16/h13-17,19-20H,2-12H2,1H3. The van der Waals surface area contributed by atoms with Gasteiger partial charge in [-0.2, -0.15) is 0 Å². The van der Waals surface area contributed by atoms with Crippen LogP contribution in [0.15, 0.2) is 0 Å². The SMILES string of the molecule is CC(O)C1CC(NCCCO)CN(C2CCCCC2)C1. The average Bonchev–Trinajstić information content (AvgIpc) is 2.48. The molecule has 3 N–H and O–H groups in total. The van der Waals surface area contributed by atoms with E-state index in [1.165, 1.54) is 32.1 Å². The number of hydrogen-bond acceptors (Lipinski definition) is 4. The first-order valence-corrected chi connectivity index (χ1v) is 8.47. The predicted octanol–water partition coefficient (Wildman–Crippen LogP) is 1.36. The molecule has 4 heteroatoms. The van der Waals surface area contributed by atoms with E-state index in [1.807, 2.05) is 6.92 Å². The van der Waals surface area contributed by atoms with Gasteiger partial charge in [0, 0.05) is 31.8 Å². The summed E-state index contributed by atoms with van der Waals surface area (Å²) in [7, 11) is 0. The summed E-state index contributed by atoms with van der Waals surface area (Å²) in [5, 5.41) is 22.5. The smallest absolute Gasteiger partial charge is 0.0553 e. The minimum absolute atomic E-state index is 0.219.